The summed E-state index contributed by atoms with van der Waals surface area (Å²) in [4.78, 5) is 34.6. The van der Waals surface area contributed by atoms with Crippen molar-refractivity contribution < 1.29 is 24.4 Å². The van der Waals surface area contributed by atoms with Crippen molar-refractivity contribution in [3.63, 3.8) is 0 Å². The van der Waals surface area contributed by atoms with Gasteiger partial charge in [-0.05, 0) is 24.0 Å². The average molecular weight is 363 g/mol. The van der Waals surface area contributed by atoms with E-state index in [0.717, 1.165) is 12.1 Å². The van der Waals surface area contributed by atoms with E-state index in [4.69, 9.17) is 4.74 Å². The number of carbonyl (C=O) groups is 2. The molecule has 1 aliphatic heterocycles. The molecule has 2 unspecified atom stereocenters. The number of rotatable bonds is 6. The van der Waals surface area contributed by atoms with Crippen LogP contribution in [0, 0.1) is 22.0 Å². The molecule has 1 saturated heterocycles. The fraction of sp³-hybridized carbons (Fsp3) is 0.412. The molecule has 0 aliphatic carbocycles. The van der Waals surface area contributed by atoms with E-state index < -0.39 is 40.3 Å². The maximum atomic E-state index is 12.5. The van der Waals surface area contributed by atoms with E-state index in [9.17, 15) is 24.8 Å². The van der Waals surface area contributed by atoms with Gasteiger partial charge in [0.25, 0.3) is 0 Å². The van der Waals surface area contributed by atoms with Crippen LogP contribution in [0.1, 0.15) is 31.9 Å². The van der Waals surface area contributed by atoms with Gasteiger partial charge < -0.3 is 20.5 Å². The molecular weight excluding hydrogens is 342 g/mol. The van der Waals surface area contributed by atoms with E-state index in [1.54, 1.807) is 0 Å². The second kappa shape index (κ2) is 7.85. The van der Waals surface area contributed by atoms with Crippen molar-refractivity contribution in [3.05, 3.63) is 46.2 Å². The Balaban J connectivity index is 2.31. The summed E-state index contributed by atoms with van der Waals surface area (Å²) in [6.07, 6.45) is 0.681. The molecule has 0 radical (unpaired) electrons. The topological polar surface area (TPSA) is 131 Å². The van der Waals surface area contributed by atoms with Gasteiger partial charge in [-0.15, -0.1) is 0 Å². The Labute approximate surface area is 150 Å². The highest BCUT2D eigenvalue weighted by molar-refractivity contribution is 5.85. The largest absolute Gasteiger partial charge is 0.502 e. The van der Waals surface area contributed by atoms with Gasteiger partial charge in [-0.3, -0.25) is 14.9 Å². The van der Waals surface area contributed by atoms with Crippen LogP contribution in [0.25, 0.3) is 0 Å². The van der Waals surface area contributed by atoms with Crippen LogP contribution < -0.4 is 10.6 Å². The zero-order valence-electron chi connectivity index (χ0n) is 14.5. The molecule has 2 amide bonds. The van der Waals surface area contributed by atoms with Crippen LogP contribution in [0.4, 0.5) is 10.5 Å². The zero-order chi connectivity index (χ0) is 19.4. The number of hydrogen-bond donors (Lipinski definition) is 3. The van der Waals surface area contributed by atoms with Crippen molar-refractivity contribution in [2.45, 2.75) is 26.3 Å². The lowest BCUT2D eigenvalue weighted by atomic mass is 9.88. The number of ether oxygens (including phenoxy) is 1. The number of nitrogens with zero attached hydrogens (tertiary/aromatic N) is 1. The predicted molar refractivity (Wildman–Crippen MR) is 92.2 cm³/mol. The molecule has 3 N–H and O–H groups in total. The number of hydrogen-bond acceptors (Lipinski definition) is 6. The molecule has 1 fully saturated rings. The highest BCUT2D eigenvalue weighted by atomic mass is 16.6. The third-order valence-corrected chi connectivity index (χ3v) is 4.02. The Bertz CT molecular complexity index is 746. The van der Waals surface area contributed by atoms with Crippen LogP contribution in [-0.4, -0.2) is 28.6 Å². The van der Waals surface area contributed by atoms with Crippen LogP contribution in [0.3, 0.4) is 0 Å². The Morgan fingerprint density at radius 2 is 2.15 bits per heavy atom. The van der Waals surface area contributed by atoms with E-state index in [2.05, 4.69) is 17.2 Å². The number of esters is 1. The Hall–Kier alpha value is -3.10. The zero-order valence-corrected chi connectivity index (χ0v) is 14.5. The number of phenolic OH excluding ortho intramolecular Hbond substituents is 1. The minimum atomic E-state index is -0.955. The third-order valence-electron chi connectivity index (χ3n) is 4.02. The van der Waals surface area contributed by atoms with Crippen molar-refractivity contribution in [1.82, 2.24) is 10.6 Å². The van der Waals surface area contributed by atoms with E-state index in [1.165, 1.54) is 6.07 Å². The second-order valence-electron chi connectivity index (χ2n) is 6.43. The van der Waals surface area contributed by atoms with Crippen LogP contribution in [-0.2, 0) is 9.53 Å². The molecule has 140 valence electrons. The number of nitro groups is 1. The van der Waals surface area contributed by atoms with Gasteiger partial charge in [0, 0.05) is 11.8 Å². The van der Waals surface area contributed by atoms with E-state index in [-0.39, 0.29) is 17.9 Å². The highest BCUT2D eigenvalue weighted by Gasteiger charge is 2.39. The molecule has 2 atom stereocenters. The van der Waals surface area contributed by atoms with Crippen LogP contribution in [0.2, 0.25) is 0 Å². The Morgan fingerprint density at radius 3 is 2.77 bits per heavy atom. The summed E-state index contributed by atoms with van der Waals surface area (Å²) >= 11 is 0. The lowest BCUT2D eigenvalue weighted by molar-refractivity contribution is -0.385. The number of urea groups is 1. The fourth-order valence-electron chi connectivity index (χ4n) is 2.60. The molecular formula is C17H21N3O6. The van der Waals surface area contributed by atoms with Crippen molar-refractivity contribution in [2.24, 2.45) is 11.8 Å². The van der Waals surface area contributed by atoms with Gasteiger partial charge in [-0.1, -0.05) is 26.5 Å². The van der Waals surface area contributed by atoms with Gasteiger partial charge in [0.2, 0.25) is 0 Å². The molecule has 26 heavy (non-hydrogen) atoms. The minimum Gasteiger partial charge on any atom is -0.502 e. The molecule has 2 rings (SSSR count). The summed E-state index contributed by atoms with van der Waals surface area (Å²) in [5.74, 6) is -1.70. The number of benzene rings is 1. The summed E-state index contributed by atoms with van der Waals surface area (Å²) in [5.41, 5.74) is -0.0897. The van der Waals surface area contributed by atoms with Crippen molar-refractivity contribution >= 4 is 17.7 Å². The number of nitrogens with one attached hydrogen (secondary N) is 2. The summed E-state index contributed by atoms with van der Waals surface area (Å²) in [7, 11) is 0. The van der Waals surface area contributed by atoms with Gasteiger partial charge in [0.05, 0.1) is 17.6 Å². The average Bonchev–Trinajstić information content (AvgIpc) is 2.53. The van der Waals surface area contributed by atoms with Crippen molar-refractivity contribution in [1.29, 1.82) is 0 Å². The van der Waals surface area contributed by atoms with Crippen molar-refractivity contribution in [3.8, 4) is 5.75 Å². The summed E-state index contributed by atoms with van der Waals surface area (Å²) in [6, 6.07) is 2.18. The molecule has 0 saturated carbocycles. The molecule has 1 aliphatic rings. The highest BCUT2D eigenvalue weighted by Crippen LogP contribution is 2.35. The molecule has 1 aromatic carbocycles. The van der Waals surface area contributed by atoms with Gasteiger partial charge in [-0.25, -0.2) is 4.79 Å². The first-order valence-corrected chi connectivity index (χ1v) is 8.11. The smallest absolute Gasteiger partial charge is 0.319 e. The normalized spacial score (nSPS) is 19.7. The predicted octanol–water partition coefficient (Wildman–Crippen LogP) is 2.37. The first-order valence-electron chi connectivity index (χ1n) is 8.11. The first-order chi connectivity index (χ1) is 12.2. The first kappa shape index (κ1) is 19.2. The summed E-state index contributed by atoms with van der Waals surface area (Å²) in [5, 5.41) is 25.6. The molecule has 9 nitrogen and oxygen atoms in total. The molecule has 0 spiro atoms. The Kier molecular flexibility index (Phi) is 5.81. The minimum absolute atomic E-state index is 0.143. The van der Waals surface area contributed by atoms with Gasteiger partial charge in [-0.2, -0.15) is 0 Å². The summed E-state index contributed by atoms with van der Waals surface area (Å²) in [6.45, 7) is 7.91. The van der Waals surface area contributed by atoms with Crippen LogP contribution in [0.15, 0.2) is 30.5 Å². The monoisotopic (exact) mass is 363 g/mol. The summed E-state index contributed by atoms with van der Waals surface area (Å²) < 4.78 is 5.28. The van der Waals surface area contributed by atoms with Crippen LogP contribution >= 0.6 is 0 Å². The molecule has 1 heterocycles. The van der Waals surface area contributed by atoms with Crippen LogP contribution in [0.5, 0.6) is 5.75 Å². The standard InChI is InChI=1S/C17H21N3O6/c1-9(2)6-7-26-16(22)14-10(3)18-17(23)19-15(14)11-4-5-13(21)12(8-11)20(24)25/h4-5,8-9,14-15,21H,3,6-7H2,1-2H3,(H2,18,19,23). The quantitative estimate of drug-likeness (QED) is 0.404. The lowest BCUT2D eigenvalue weighted by Crippen LogP contribution is -2.51. The molecule has 9 heteroatoms. The number of aromatic hydroxyl groups is 1. The molecule has 0 bridgehead atoms. The number of nitro benzene ring substituents is 1. The van der Waals surface area contributed by atoms with E-state index >= 15 is 0 Å². The fourth-order valence-corrected chi connectivity index (χ4v) is 2.60. The maximum absolute atomic E-state index is 12.5. The number of carbonyl (C=O) groups excluding carboxylic acids is 2. The van der Waals surface area contributed by atoms with Gasteiger partial charge in [0.15, 0.2) is 5.75 Å². The second-order valence-corrected chi connectivity index (χ2v) is 6.43. The lowest BCUT2D eigenvalue weighted by Gasteiger charge is -2.33. The maximum Gasteiger partial charge on any atom is 0.319 e. The SMILES string of the molecule is C=C1NC(=O)NC(c2ccc(O)c([N+](=O)[O-])c2)C1C(=O)OCCC(C)C. The molecule has 1 aromatic rings. The van der Waals surface area contributed by atoms with Gasteiger partial charge >= 0.3 is 17.7 Å². The third kappa shape index (κ3) is 4.29. The van der Waals surface area contributed by atoms with E-state index in [1.807, 2.05) is 13.8 Å². The molecule has 0 aromatic heterocycles. The number of amides is 2. The van der Waals surface area contributed by atoms with Gasteiger partial charge in [0.1, 0.15) is 5.92 Å². The number of phenols is 1. The van der Waals surface area contributed by atoms with E-state index in [0.29, 0.717) is 12.3 Å². The Morgan fingerprint density at radius 1 is 1.46 bits per heavy atom. The van der Waals surface area contributed by atoms with Crippen molar-refractivity contribution in [2.75, 3.05) is 6.61 Å².